The molecule has 2 aromatic rings. The molecule has 0 aromatic heterocycles. The van der Waals surface area contributed by atoms with Crippen molar-refractivity contribution >= 4 is 39.3 Å². The number of nitrogens with one attached hydrogen (secondary N) is 2. The minimum atomic E-state index is -3.45. The summed E-state index contributed by atoms with van der Waals surface area (Å²) in [6, 6.07) is 6.86. The van der Waals surface area contributed by atoms with Gasteiger partial charge in [-0.1, -0.05) is 23.7 Å². The van der Waals surface area contributed by atoms with Crippen molar-refractivity contribution in [2.24, 2.45) is 5.92 Å². The number of sulfonamides is 1. The van der Waals surface area contributed by atoms with Crippen LogP contribution in [0, 0.1) is 17.6 Å². The molecule has 3 N–H and O–H groups in total. The Hall–Kier alpha value is -2.84. The lowest BCUT2D eigenvalue weighted by molar-refractivity contribution is -0.123. The molecule has 0 saturated carbocycles. The van der Waals surface area contributed by atoms with Crippen LogP contribution in [0.4, 0.5) is 19.3 Å². The van der Waals surface area contributed by atoms with Gasteiger partial charge in [0.05, 0.1) is 23.0 Å². The van der Waals surface area contributed by atoms with E-state index in [2.05, 4.69) is 10.6 Å². The minimum absolute atomic E-state index is 0.0739. The average Bonchev–Trinajstić information content (AvgIpc) is 3.11. The van der Waals surface area contributed by atoms with E-state index in [0.717, 1.165) is 11.3 Å². The number of benzene rings is 2. The summed E-state index contributed by atoms with van der Waals surface area (Å²) in [5.41, 5.74) is 0.760. The SMILES string of the molecule is C[C@@H]1CC([C@H](c2ccc(Cl)c(F)c2)[C@@H](C(=O)Nc2cccc(F)c2CC[C@H]2CN[C@@H]3CCCS(=O)(=O)N2C3)N(C)C(=O)O)C[C@H](C)O1. The van der Waals surface area contributed by atoms with Crippen molar-refractivity contribution in [1.29, 1.82) is 0 Å². The molecule has 2 aromatic carbocycles. The van der Waals surface area contributed by atoms with Crippen molar-refractivity contribution in [3.8, 4) is 0 Å². The lowest BCUT2D eigenvalue weighted by Crippen LogP contribution is -2.57. The normalized spacial score (nSPS) is 28.5. The number of piperazine rings is 1. The number of hydrogen-bond acceptors (Lipinski definition) is 6. The molecule has 3 heterocycles. The van der Waals surface area contributed by atoms with Crippen molar-refractivity contribution in [3.05, 3.63) is 64.2 Å². The zero-order chi connectivity index (χ0) is 34.0. The van der Waals surface area contributed by atoms with E-state index < -0.39 is 45.6 Å². The van der Waals surface area contributed by atoms with Gasteiger partial charge >= 0.3 is 6.09 Å². The van der Waals surface area contributed by atoms with Gasteiger partial charge in [0.2, 0.25) is 15.9 Å². The summed E-state index contributed by atoms with van der Waals surface area (Å²) < 4.78 is 63.7. The summed E-state index contributed by atoms with van der Waals surface area (Å²) in [7, 11) is -2.16. The minimum Gasteiger partial charge on any atom is -0.465 e. The molecule has 14 heteroatoms. The summed E-state index contributed by atoms with van der Waals surface area (Å²) in [6.07, 6.45) is 1.05. The Kier molecular flexibility index (Phi) is 11.1. The molecule has 3 saturated heterocycles. The van der Waals surface area contributed by atoms with Crippen LogP contribution in [-0.2, 0) is 26.0 Å². The molecule has 2 amide bonds. The van der Waals surface area contributed by atoms with Crippen LogP contribution in [0.5, 0.6) is 0 Å². The Morgan fingerprint density at radius 1 is 1.17 bits per heavy atom. The zero-order valence-corrected chi connectivity index (χ0v) is 28.4. The van der Waals surface area contributed by atoms with E-state index in [4.69, 9.17) is 16.3 Å². The lowest BCUT2D eigenvalue weighted by Gasteiger charge is -2.42. The summed E-state index contributed by atoms with van der Waals surface area (Å²) in [5, 5.41) is 16.2. The Labute approximate surface area is 279 Å². The van der Waals surface area contributed by atoms with Crippen LogP contribution in [0.15, 0.2) is 36.4 Å². The van der Waals surface area contributed by atoms with Gasteiger partial charge in [-0.25, -0.2) is 22.0 Å². The summed E-state index contributed by atoms with van der Waals surface area (Å²) >= 11 is 6.00. The number of likely N-dealkylation sites (N-methyl/N-ethyl adjacent to an activating group) is 1. The number of hydrogen-bond donors (Lipinski definition) is 3. The monoisotopic (exact) mass is 696 g/mol. The number of ether oxygens (including phenoxy) is 1. The number of carboxylic acid groups (broad SMARTS) is 1. The molecule has 0 radical (unpaired) electrons. The first-order valence-electron chi connectivity index (χ1n) is 16.1. The first-order chi connectivity index (χ1) is 22.2. The second kappa shape index (κ2) is 14.7. The van der Waals surface area contributed by atoms with Gasteiger partial charge < -0.3 is 20.5 Å². The Morgan fingerprint density at radius 3 is 2.57 bits per heavy atom. The Bertz CT molecular complexity index is 1570. The average molecular weight is 697 g/mol. The molecular weight excluding hydrogens is 654 g/mol. The number of carbonyl (C=O) groups excluding carboxylic acids is 1. The van der Waals surface area contributed by atoms with Gasteiger partial charge in [0.15, 0.2) is 0 Å². The fourth-order valence-corrected chi connectivity index (χ4v) is 9.50. The van der Waals surface area contributed by atoms with Gasteiger partial charge in [0.25, 0.3) is 0 Å². The molecule has 258 valence electrons. The fraction of sp³-hybridized carbons (Fsp3) is 0.576. The molecular formula is C33H43ClF2N4O6S. The highest BCUT2D eigenvalue weighted by molar-refractivity contribution is 7.89. The summed E-state index contributed by atoms with van der Waals surface area (Å²) in [5.74, 6) is -2.95. The molecule has 0 spiro atoms. The van der Waals surface area contributed by atoms with E-state index in [1.54, 1.807) is 12.1 Å². The van der Waals surface area contributed by atoms with Crippen LogP contribution < -0.4 is 10.6 Å². The fourth-order valence-electron chi connectivity index (χ4n) is 7.57. The van der Waals surface area contributed by atoms with Crippen molar-refractivity contribution in [1.82, 2.24) is 14.5 Å². The Morgan fingerprint density at radius 2 is 1.89 bits per heavy atom. The summed E-state index contributed by atoms with van der Waals surface area (Å²) in [4.78, 5) is 27.6. The van der Waals surface area contributed by atoms with Crippen molar-refractivity contribution in [2.75, 3.05) is 31.2 Å². The second-order valence-electron chi connectivity index (χ2n) is 13.1. The van der Waals surface area contributed by atoms with Crippen LogP contribution in [0.3, 0.4) is 0 Å². The maximum atomic E-state index is 15.4. The van der Waals surface area contributed by atoms with E-state index in [9.17, 15) is 27.5 Å². The van der Waals surface area contributed by atoms with Crippen LogP contribution in [0.2, 0.25) is 5.02 Å². The van der Waals surface area contributed by atoms with E-state index in [0.29, 0.717) is 44.3 Å². The standard InChI is InChI=1S/C33H43ClF2N4O6S/c1-19-14-22(15-20(2)46-19)30(21-9-12-26(34)28(36)16-21)31(39(3)33(42)43)32(41)38-29-8-4-7-27(35)25(29)11-10-24-17-37-23-6-5-13-47(44,45)40(24)18-23/h4,7-9,12,16,19-20,22-24,30-31,37H,5-6,10-11,13-15,17-18H2,1-3H3,(H,38,41)(H,42,43)/t19-,20+,22?,23-,24+,30+,31+/m1/s1. The predicted octanol–water partition coefficient (Wildman–Crippen LogP) is 5.22. The number of amides is 2. The molecule has 3 aliphatic rings. The van der Waals surface area contributed by atoms with Gasteiger partial charge in [-0.05, 0) is 88.1 Å². The van der Waals surface area contributed by atoms with Crippen LogP contribution >= 0.6 is 11.6 Å². The van der Waals surface area contributed by atoms with E-state index >= 15 is 4.39 Å². The van der Waals surface area contributed by atoms with Crippen molar-refractivity contribution in [3.63, 3.8) is 0 Å². The highest BCUT2D eigenvalue weighted by Crippen LogP contribution is 2.41. The molecule has 3 aliphatic heterocycles. The first kappa shape index (κ1) is 35.5. The van der Waals surface area contributed by atoms with Gasteiger partial charge in [-0.15, -0.1) is 0 Å². The van der Waals surface area contributed by atoms with Gasteiger partial charge in [0.1, 0.15) is 17.7 Å². The molecule has 3 fully saturated rings. The highest BCUT2D eigenvalue weighted by Gasteiger charge is 2.43. The number of halogens is 3. The smallest absolute Gasteiger partial charge is 0.407 e. The third-order valence-electron chi connectivity index (χ3n) is 9.76. The third-order valence-corrected chi connectivity index (χ3v) is 12.0. The maximum absolute atomic E-state index is 15.4. The lowest BCUT2D eigenvalue weighted by atomic mass is 9.73. The topological polar surface area (TPSA) is 128 Å². The predicted molar refractivity (Wildman–Crippen MR) is 175 cm³/mol. The molecule has 5 rings (SSSR count). The number of nitrogens with zero attached hydrogens (tertiary/aromatic N) is 2. The van der Waals surface area contributed by atoms with Crippen LogP contribution in [0.1, 0.15) is 63.0 Å². The first-order valence-corrected chi connectivity index (χ1v) is 18.1. The van der Waals surface area contributed by atoms with E-state index in [-0.39, 0.29) is 58.7 Å². The van der Waals surface area contributed by atoms with Crippen molar-refractivity contribution in [2.45, 2.75) is 88.6 Å². The third kappa shape index (κ3) is 8.07. The number of anilines is 1. The Balaban J connectivity index is 1.46. The van der Waals surface area contributed by atoms with Crippen molar-refractivity contribution < 1.29 is 36.6 Å². The van der Waals surface area contributed by atoms with Gasteiger partial charge in [0, 0.05) is 49.4 Å². The number of rotatable bonds is 9. The molecule has 2 unspecified atom stereocenters. The summed E-state index contributed by atoms with van der Waals surface area (Å²) in [6.45, 7) is 4.60. The van der Waals surface area contributed by atoms with Gasteiger partial charge in [-0.3, -0.25) is 9.69 Å². The highest BCUT2D eigenvalue weighted by atomic mass is 35.5. The quantitative estimate of drug-likeness (QED) is 0.328. The molecule has 8 atom stereocenters. The number of fused-ring (bicyclic) bond motifs is 2. The maximum Gasteiger partial charge on any atom is 0.407 e. The van der Waals surface area contributed by atoms with E-state index in [1.165, 1.54) is 35.6 Å². The van der Waals surface area contributed by atoms with Crippen LogP contribution in [0.25, 0.3) is 0 Å². The second-order valence-corrected chi connectivity index (χ2v) is 15.6. The van der Waals surface area contributed by atoms with Gasteiger partial charge in [-0.2, -0.15) is 4.31 Å². The van der Waals surface area contributed by atoms with E-state index in [1.807, 2.05) is 13.8 Å². The van der Waals surface area contributed by atoms with Crippen LogP contribution in [-0.4, -0.2) is 91.0 Å². The zero-order valence-electron chi connectivity index (χ0n) is 26.8. The molecule has 47 heavy (non-hydrogen) atoms. The molecule has 10 nitrogen and oxygen atoms in total. The largest absolute Gasteiger partial charge is 0.465 e. The molecule has 2 bridgehead atoms. The molecule has 0 aliphatic carbocycles. The number of carbonyl (C=O) groups is 2.